The van der Waals surface area contributed by atoms with Gasteiger partial charge >= 0.3 is 0 Å². The number of amides is 2. The maximum Gasteiger partial charge on any atom is 0.258 e. The van der Waals surface area contributed by atoms with Gasteiger partial charge in [-0.05, 0) is 43.2 Å². The summed E-state index contributed by atoms with van der Waals surface area (Å²) in [4.78, 5) is 27.4. The van der Waals surface area contributed by atoms with Gasteiger partial charge in [0, 0.05) is 34.1 Å². The smallest absolute Gasteiger partial charge is 0.258 e. The molecule has 0 spiro atoms. The molecule has 0 radical (unpaired) electrons. The van der Waals surface area contributed by atoms with Crippen molar-refractivity contribution in [1.29, 1.82) is 0 Å². The van der Waals surface area contributed by atoms with Gasteiger partial charge in [-0.3, -0.25) is 9.59 Å². The maximum atomic E-state index is 12.8. The molecule has 3 aromatic carbocycles. The Morgan fingerprint density at radius 1 is 1.04 bits per heavy atom. The number of anilines is 2. The van der Waals surface area contributed by atoms with Crippen LogP contribution in [0.2, 0.25) is 0 Å². The summed E-state index contributed by atoms with van der Waals surface area (Å²) in [5.41, 5.74) is 3.97. The molecule has 0 bridgehead atoms. The fraction of sp³-hybridized carbons (Fsp3) is 0.217. The summed E-state index contributed by atoms with van der Waals surface area (Å²) in [6, 6.07) is 17.1. The van der Waals surface area contributed by atoms with E-state index in [9.17, 15) is 9.59 Å². The topological polar surface area (TPSA) is 49.4 Å². The van der Waals surface area contributed by atoms with Crippen LogP contribution in [0.3, 0.4) is 0 Å². The molecule has 3 aromatic rings. The zero-order valence-electron chi connectivity index (χ0n) is 15.6. The van der Waals surface area contributed by atoms with Gasteiger partial charge in [-0.1, -0.05) is 43.7 Å². The number of carbonyl (C=O) groups excluding carboxylic acids is 2. The highest BCUT2D eigenvalue weighted by Crippen LogP contribution is 2.40. The molecular weight excluding hydrogens is 336 g/mol. The third kappa shape index (κ3) is 2.87. The van der Waals surface area contributed by atoms with Crippen molar-refractivity contribution in [3.63, 3.8) is 0 Å². The average Bonchev–Trinajstić information content (AvgIpc) is 2.95. The zero-order chi connectivity index (χ0) is 19.0. The van der Waals surface area contributed by atoms with Gasteiger partial charge in [-0.15, -0.1) is 0 Å². The van der Waals surface area contributed by atoms with Crippen molar-refractivity contribution < 1.29 is 9.59 Å². The maximum absolute atomic E-state index is 12.8. The SMILES string of the molecule is CCCCN1C(=O)c2cccc3c(NC(=O)c4ccccc4C)ccc1c23. The normalized spacial score (nSPS) is 12.7. The molecule has 0 saturated heterocycles. The van der Waals surface area contributed by atoms with E-state index in [1.165, 1.54) is 0 Å². The molecule has 27 heavy (non-hydrogen) atoms. The van der Waals surface area contributed by atoms with E-state index in [2.05, 4.69) is 12.2 Å². The molecule has 4 nitrogen and oxygen atoms in total. The number of nitrogens with one attached hydrogen (secondary N) is 1. The van der Waals surface area contributed by atoms with Crippen LogP contribution >= 0.6 is 0 Å². The first kappa shape index (κ1) is 17.3. The first-order valence-electron chi connectivity index (χ1n) is 9.36. The molecule has 0 fully saturated rings. The number of nitrogens with zero attached hydrogens (tertiary/aromatic N) is 1. The van der Waals surface area contributed by atoms with Crippen molar-refractivity contribution in [2.45, 2.75) is 26.7 Å². The van der Waals surface area contributed by atoms with Gasteiger partial charge < -0.3 is 10.2 Å². The standard InChI is InChI=1S/C23H22N2O2/c1-3-4-14-25-20-13-12-19(17-10-7-11-18(21(17)20)23(25)27)24-22(26)16-9-6-5-8-15(16)2/h5-13H,3-4,14H2,1-2H3,(H,24,26). The minimum absolute atomic E-state index is 0.0476. The summed E-state index contributed by atoms with van der Waals surface area (Å²) in [5.74, 6) is -0.0904. The second-order valence-electron chi connectivity index (χ2n) is 6.94. The second kappa shape index (κ2) is 6.88. The summed E-state index contributed by atoms with van der Waals surface area (Å²) < 4.78 is 0. The van der Waals surface area contributed by atoms with Crippen LogP contribution in [0.5, 0.6) is 0 Å². The predicted octanol–water partition coefficient (Wildman–Crippen LogP) is 5.16. The molecule has 0 atom stereocenters. The zero-order valence-corrected chi connectivity index (χ0v) is 15.6. The Balaban J connectivity index is 1.75. The first-order valence-corrected chi connectivity index (χ1v) is 9.36. The van der Waals surface area contributed by atoms with Crippen molar-refractivity contribution in [3.8, 4) is 0 Å². The largest absolute Gasteiger partial charge is 0.321 e. The van der Waals surface area contributed by atoms with E-state index >= 15 is 0 Å². The Kier molecular flexibility index (Phi) is 4.40. The first-order chi connectivity index (χ1) is 13.1. The summed E-state index contributed by atoms with van der Waals surface area (Å²) in [5, 5.41) is 4.86. The highest BCUT2D eigenvalue weighted by Gasteiger charge is 2.30. The number of hydrogen-bond donors (Lipinski definition) is 1. The van der Waals surface area contributed by atoms with Crippen molar-refractivity contribution >= 4 is 34.0 Å². The molecule has 136 valence electrons. The van der Waals surface area contributed by atoms with E-state index in [0.717, 1.165) is 40.6 Å². The quantitative estimate of drug-likeness (QED) is 0.685. The highest BCUT2D eigenvalue weighted by atomic mass is 16.2. The lowest BCUT2D eigenvalue weighted by atomic mass is 10.0. The number of carbonyl (C=O) groups is 2. The molecule has 0 aliphatic carbocycles. The van der Waals surface area contributed by atoms with Crippen LogP contribution in [0.1, 0.15) is 46.0 Å². The lowest BCUT2D eigenvalue weighted by Gasteiger charge is -2.18. The van der Waals surface area contributed by atoms with Gasteiger partial charge in [-0.25, -0.2) is 0 Å². The third-order valence-corrected chi connectivity index (χ3v) is 5.16. The minimum Gasteiger partial charge on any atom is -0.321 e. The predicted molar refractivity (Wildman–Crippen MR) is 110 cm³/mol. The second-order valence-corrected chi connectivity index (χ2v) is 6.94. The van der Waals surface area contributed by atoms with Crippen molar-refractivity contribution in [2.75, 3.05) is 16.8 Å². The number of rotatable bonds is 5. The Hall–Kier alpha value is -3.14. The molecule has 1 aliphatic heterocycles. The Morgan fingerprint density at radius 3 is 2.63 bits per heavy atom. The molecule has 1 heterocycles. The van der Waals surface area contributed by atoms with Crippen molar-refractivity contribution in [3.05, 3.63) is 71.3 Å². The van der Waals surface area contributed by atoms with Crippen molar-refractivity contribution in [1.82, 2.24) is 0 Å². The van der Waals surface area contributed by atoms with E-state index in [4.69, 9.17) is 0 Å². The third-order valence-electron chi connectivity index (χ3n) is 5.16. The highest BCUT2D eigenvalue weighted by molar-refractivity contribution is 6.27. The summed E-state index contributed by atoms with van der Waals surface area (Å²) in [7, 11) is 0. The molecule has 4 heteroatoms. The Bertz CT molecular complexity index is 1060. The molecular formula is C23H22N2O2. The molecule has 1 aliphatic rings. The van der Waals surface area contributed by atoms with Gasteiger partial charge in [0.25, 0.3) is 11.8 Å². The van der Waals surface area contributed by atoms with Crippen LogP contribution in [-0.2, 0) is 0 Å². The number of benzene rings is 3. The average molecular weight is 358 g/mol. The molecule has 2 amide bonds. The fourth-order valence-corrected chi connectivity index (χ4v) is 3.71. The van der Waals surface area contributed by atoms with E-state index in [-0.39, 0.29) is 11.8 Å². The molecule has 0 aromatic heterocycles. The lowest BCUT2D eigenvalue weighted by molar-refractivity contribution is 0.0991. The van der Waals surface area contributed by atoms with E-state index in [1.54, 1.807) is 0 Å². The molecule has 1 N–H and O–H groups in total. The van der Waals surface area contributed by atoms with Crippen LogP contribution in [0.15, 0.2) is 54.6 Å². The monoisotopic (exact) mass is 358 g/mol. The van der Waals surface area contributed by atoms with Gasteiger partial charge in [0.05, 0.1) is 5.69 Å². The van der Waals surface area contributed by atoms with Crippen molar-refractivity contribution in [2.24, 2.45) is 0 Å². The van der Waals surface area contributed by atoms with E-state index in [1.807, 2.05) is 66.4 Å². The van der Waals surface area contributed by atoms with Gasteiger partial charge in [0.1, 0.15) is 0 Å². The molecule has 0 saturated carbocycles. The summed E-state index contributed by atoms with van der Waals surface area (Å²) in [6.45, 7) is 4.76. The van der Waals surface area contributed by atoms with Crippen LogP contribution in [-0.4, -0.2) is 18.4 Å². The molecule has 4 rings (SSSR count). The number of hydrogen-bond acceptors (Lipinski definition) is 2. The Labute approximate surface area is 158 Å². The fourth-order valence-electron chi connectivity index (χ4n) is 3.71. The van der Waals surface area contributed by atoms with Crippen LogP contribution < -0.4 is 10.2 Å². The van der Waals surface area contributed by atoms with Gasteiger partial charge in [0.2, 0.25) is 0 Å². The minimum atomic E-state index is -0.138. The molecule has 0 unspecified atom stereocenters. The number of aryl methyl sites for hydroxylation is 1. The van der Waals surface area contributed by atoms with Crippen LogP contribution in [0.4, 0.5) is 11.4 Å². The lowest BCUT2D eigenvalue weighted by Crippen LogP contribution is -2.27. The van der Waals surface area contributed by atoms with Crippen LogP contribution in [0, 0.1) is 6.92 Å². The van der Waals surface area contributed by atoms with E-state index in [0.29, 0.717) is 17.7 Å². The summed E-state index contributed by atoms with van der Waals surface area (Å²) >= 11 is 0. The van der Waals surface area contributed by atoms with Crippen LogP contribution in [0.25, 0.3) is 10.8 Å². The summed E-state index contributed by atoms with van der Waals surface area (Å²) in [6.07, 6.45) is 2.00. The van der Waals surface area contributed by atoms with E-state index < -0.39 is 0 Å². The Morgan fingerprint density at radius 2 is 1.85 bits per heavy atom. The van der Waals surface area contributed by atoms with Gasteiger partial charge in [-0.2, -0.15) is 0 Å². The van der Waals surface area contributed by atoms with Gasteiger partial charge in [0.15, 0.2) is 0 Å². The number of unbranched alkanes of at least 4 members (excludes halogenated alkanes) is 1.